The van der Waals surface area contributed by atoms with Gasteiger partial charge in [-0.1, -0.05) is 42.5 Å². The summed E-state index contributed by atoms with van der Waals surface area (Å²) in [6.07, 6.45) is 2.26. The molecule has 0 saturated carbocycles. The van der Waals surface area contributed by atoms with Gasteiger partial charge in [0, 0.05) is 18.1 Å². The summed E-state index contributed by atoms with van der Waals surface area (Å²) in [6, 6.07) is 16.2. The van der Waals surface area contributed by atoms with Crippen LogP contribution in [0.4, 0.5) is 4.39 Å². The Hall–Kier alpha value is -3.01. The van der Waals surface area contributed by atoms with Crippen LogP contribution in [0.5, 0.6) is 0 Å². The Morgan fingerprint density at radius 1 is 1.00 bits per heavy atom. The average molecular weight is 318 g/mol. The van der Waals surface area contributed by atoms with E-state index in [-0.39, 0.29) is 11.7 Å². The van der Waals surface area contributed by atoms with Gasteiger partial charge < -0.3 is 0 Å². The molecule has 1 aliphatic rings. The summed E-state index contributed by atoms with van der Waals surface area (Å²) in [7, 11) is 0. The van der Waals surface area contributed by atoms with Crippen LogP contribution in [0.1, 0.15) is 21.7 Å². The van der Waals surface area contributed by atoms with Gasteiger partial charge in [0.1, 0.15) is 5.82 Å². The van der Waals surface area contributed by atoms with E-state index in [0.29, 0.717) is 6.42 Å². The zero-order valence-electron chi connectivity index (χ0n) is 13.2. The van der Waals surface area contributed by atoms with Crippen molar-refractivity contribution in [3.63, 3.8) is 0 Å². The van der Waals surface area contributed by atoms with E-state index in [4.69, 9.17) is 0 Å². The second-order valence-electron chi connectivity index (χ2n) is 5.88. The number of nitrogens with zero attached hydrogens (tertiary/aromatic N) is 2. The molecule has 2 heterocycles. The maximum absolute atomic E-state index is 13.2. The third kappa shape index (κ3) is 2.36. The third-order valence-corrected chi connectivity index (χ3v) is 4.30. The summed E-state index contributed by atoms with van der Waals surface area (Å²) in [5.41, 5.74) is 5.40. The Labute approximate surface area is 139 Å². The van der Waals surface area contributed by atoms with E-state index in [0.717, 1.165) is 33.7 Å². The van der Waals surface area contributed by atoms with Crippen molar-refractivity contribution in [2.24, 2.45) is 0 Å². The summed E-state index contributed by atoms with van der Waals surface area (Å²) in [4.78, 5) is 12.5. The molecule has 118 valence electrons. The Morgan fingerprint density at radius 2 is 1.71 bits per heavy atom. The average Bonchev–Trinajstić information content (AvgIpc) is 2.93. The molecule has 0 radical (unpaired) electrons. The first kappa shape index (κ1) is 14.6. The van der Waals surface area contributed by atoms with Gasteiger partial charge in [-0.05, 0) is 35.8 Å². The number of halogens is 1. The first-order valence-electron chi connectivity index (χ1n) is 7.78. The summed E-state index contributed by atoms with van der Waals surface area (Å²) in [6.45, 7) is 1.87. The number of allylic oxidation sites excluding steroid dienone is 2. The van der Waals surface area contributed by atoms with Gasteiger partial charge in [-0.15, -0.1) is 0 Å². The van der Waals surface area contributed by atoms with Gasteiger partial charge in [0.05, 0.1) is 11.4 Å². The van der Waals surface area contributed by atoms with Crippen molar-refractivity contribution in [2.75, 3.05) is 0 Å². The van der Waals surface area contributed by atoms with Crippen LogP contribution >= 0.6 is 0 Å². The van der Waals surface area contributed by atoms with E-state index < -0.39 is 0 Å². The molecule has 0 bridgehead atoms. The predicted molar refractivity (Wildman–Crippen MR) is 91.1 cm³/mol. The molecule has 0 spiro atoms. The number of aromatic nitrogens is 2. The lowest BCUT2D eigenvalue weighted by molar-refractivity contribution is 0.0948. The van der Waals surface area contributed by atoms with Gasteiger partial charge in [-0.2, -0.15) is 5.10 Å². The van der Waals surface area contributed by atoms with Gasteiger partial charge in [0.2, 0.25) is 0 Å². The minimum absolute atomic E-state index is 0.147. The maximum Gasteiger partial charge on any atom is 0.271 e. The van der Waals surface area contributed by atoms with Crippen molar-refractivity contribution >= 4 is 11.5 Å². The van der Waals surface area contributed by atoms with Crippen molar-refractivity contribution in [3.05, 3.63) is 83.4 Å². The summed E-state index contributed by atoms with van der Waals surface area (Å²) < 4.78 is 14.7. The number of aryl methyl sites for hydroxylation is 1. The van der Waals surface area contributed by atoms with Crippen molar-refractivity contribution in [2.45, 2.75) is 13.3 Å². The molecule has 1 aliphatic heterocycles. The van der Waals surface area contributed by atoms with E-state index in [2.05, 4.69) is 5.10 Å². The second-order valence-corrected chi connectivity index (χ2v) is 5.88. The highest BCUT2D eigenvalue weighted by atomic mass is 19.1. The predicted octanol–water partition coefficient (Wildman–Crippen LogP) is 4.28. The van der Waals surface area contributed by atoms with Gasteiger partial charge in [-0.3, -0.25) is 4.79 Å². The quantitative estimate of drug-likeness (QED) is 0.707. The largest absolute Gasteiger partial charge is 0.271 e. The molecule has 3 aromatic rings. The molecule has 0 atom stereocenters. The Balaban J connectivity index is 1.83. The standard InChI is InChI=1S/C20H15FN2O/c1-13-20(15-7-9-17(21)10-8-15)18-11-16(12-19(24)23(18)22-13)14-5-3-2-4-6-14/h2-10,12H,11H2,1H3. The Kier molecular flexibility index (Phi) is 3.38. The molecule has 0 fully saturated rings. The normalized spacial score (nSPS) is 13.6. The fraction of sp³-hybridized carbons (Fsp3) is 0.100. The monoisotopic (exact) mass is 318 g/mol. The Morgan fingerprint density at radius 3 is 2.42 bits per heavy atom. The SMILES string of the molecule is Cc1nn2c(c1-c1ccc(F)cc1)CC(c1ccccc1)=CC2=O. The third-order valence-electron chi connectivity index (χ3n) is 4.30. The number of rotatable bonds is 2. The van der Waals surface area contributed by atoms with Crippen LogP contribution in [-0.4, -0.2) is 15.7 Å². The van der Waals surface area contributed by atoms with E-state index in [1.165, 1.54) is 16.8 Å². The molecule has 0 aliphatic carbocycles. The smallest absolute Gasteiger partial charge is 0.267 e. The highest BCUT2D eigenvalue weighted by molar-refractivity contribution is 6.00. The fourth-order valence-corrected chi connectivity index (χ4v) is 3.19. The van der Waals surface area contributed by atoms with Crippen LogP contribution in [0.25, 0.3) is 16.7 Å². The highest BCUT2D eigenvalue weighted by Crippen LogP contribution is 2.33. The van der Waals surface area contributed by atoms with Crippen molar-refractivity contribution in [1.29, 1.82) is 0 Å². The molecule has 1 aromatic heterocycles. The van der Waals surface area contributed by atoms with Crippen molar-refractivity contribution in [3.8, 4) is 11.1 Å². The summed E-state index contributed by atoms with van der Waals surface area (Å²) in [5.74, 6) is -0.426. The van der Waals surface area contributed by atoms with Gasteiger partial charge in [-0.25, -0.2) is 9.07 Å². The van der Waals surface area contributed by atoms with E-state index in [9.17, 15) is 9.18 Å². The molecule has 4 rings (SSSR count). The second kappa shape index (κ2) is 5.57. The first-order chi connectivity index (χ1) is 11.6. The Bertz CT molecular complexity index is 953. The molecule has 3 nitrogen and oxygen atoms in total. The lowest BCUT2D eigenvalue weighted by Crippen LogP contribution is -2.19. The van der Waals surface area contributed by atoms with E-state index in [1.807, 2.05) is 37.3 Å². The number of carbonyl (C=O) groups is 1. The molecule has 0 unspecified atom stereocenters. The number of fused-ring (bicyclic) bond motifs is 1. The zero-order chi connectivity index (χ0) is 16.7. The first-order valence-corrected chi connectivity index (χ1v) is 7.78. The molecule has 0 amide bonds. The topological polar surface area (TPSA) is 34.9 Å². The van der Waals surface area contributed by atoms with Crippen molar-refractivity contribution in [1.82, 2.24) is 9.78 Å². The van der Waals surface area contributed by atoms with Gasteiger partial charge >= 0.3 is 0 Å². The van der Waals surface area contributed by atoms with Crippen LogP contribution in [0.15, 0.2) is 60.7 Å². The molecule has 0 N–H and O–H groups in total. The molecular weight excluding hydrogens is 303 g/mol. The maximum atomic E-state index is 13.2. The van der Waals surface area contributed by atoms with Crippen LogP contribution in [0.3, 0.4) is 0 Å². The fourth-order valence-electron chi connectivity index (χ4n) is 3.19. The van der Waals surface area contributed by atoms with Crippen molar-refractivity contribution < 1.29 is 9.18 Å². The molecule has 2 aromatic carbocycles. The number of hydrogen-bond donors (Lipinski definition) is 0. The van der Waals surface area contributed by atoms with Gasteiger partial charge in [0.15, 0.2) is 0 Å². The molecule has 24 heavy (non-hydrogen) atoms. The molecule has 4 heteroatoms. The molecular formula is C20H15FN2O. The van der Waals surface area contributed by atoms with E-state index in [1.54, 1.807) is 18.2 Å². The van der Waals surface area contributed by atoms with E-state index >= 15 is 0 Å². The lowest BCUT2D eigenvalue weighted by atomic mass is 9.93. The van der Waals surface area contributed by atoms with Crippen LogP contribution < -0.4 is 0 Å². The van der Waals surface area contributed by atoms with Crippen LogP contribution in [0, 0.1) is 12.7 Å². The molecule has 0 saturated heterocycles. The minimum Gasteiger partial charge on any atom is -0.267 e. The summed E-state index contributed by atoms with van der Waals surface area (Å²) >= 11 is 0. The van der Waals surface area contributed by atoms with Crippen LogP contribution in [-0.2, 0) is 6.42 Å². The lowest BCUT2D eigenvalue weighted by Gasteiger charge is -2.16. The number of hydrogen-bond acceptors (Lipinski definition) is 2. The number of carbonyl (C=O) groups excluding carboxylic acids is 1. The highest BCUT2D eigenvalue weighted by Gasteiger charge is 2.25. The van der Waals surface area contributed by atoms with Crippen LogP contribution in [0.2, 0.25) is 0 Å². The van der Waals surface area contributed by atoms with Gasteiger partial charge in [0.25, 0.3) is 5.91 Å². The zero-order valence-corrected chi connectivity index (χ0v) is 13.2. The minimum atomic E-state index is -0.279. The summed E-state index contributed by atoms with van der Waals surface area (Å²) in [5, 5.41) is 4.39. The number of benzene rings is 2.